The van der Waals surface area contributed by atoms with Crippen LogP contribution in [0.5, 0.6) is 0 Å². The fourth-order valence-electron chi connectivity index (χ4n) is 2.13. The lowest BCUT2D eigenvalue weighted by Crippen LogP contribution is -1.99. The van der Waals surface area contributed by atoms with Gasteiger partial charge >= 0.3 is 5.97 Å². The molecule has 0 spiro atoms. The van der Waals surface area contributed by atoms with Crippen molar-refractivity contribution in [1.82, 2.24) is 9.38 Å². The molecule has 2 aromatic heterocycles. The third-order valence-electron chi connectivity index (χ3n) is 3.06. The number of benzene rings is 1. The lowest BCUT2D eigenvalue weighted by atomic mass is 10.1. The van der Waals surface area contributed by atoms with E-state index in [2.05, 4.69) is 4.98 Å². The summed E-state index contributed by atoms with van der Waals surface area (Å²) in [6.45, 7) is 0. The molecule has 100 valence electrons. The number of imidazole rings is 1. The standard InChI is InChI=1S/C15H11FN2O2/c16-11-5-3-10(4-6-11)8-12-9-18-7-1-2-13(15(19)20)14(18)17-12/h1-7,9H,8H2,(H,19,20). The number of carboxylic acids is 1. The van der Waals surface area contributed by atoms with E-state index < -0.39 is 5.97 Å². The van der Waals surface area contributed by atoms with E-state index in [1.165, 1.54) is 18.2 Å². The van der Waals surface area contributed by atoms with Gasteiger partial charge in [0.25, 0.3) is 0 Å². The summed E-state index contributed by atoms with van der Waals surface area (Å²) >= 11 is 0. The Balaban J connectivity index is 1.99. The van der Waals surface area contributed by atoms with E-state index in [1.807, 2.05) is 0 Å². The molecule has 1 N–H and O–H groups in total. The molecule has 0 aliphatic rings. The van der Waals surface area contributed by atoms with Gasteiger partial charge in [-0.2, -0.15) is 0 Å². The zero-order valence-corrected chi connectivity index (χ0v) is 10.5. The Morgan fingerprint density at radius 2 is 2.00 bits per heavy atom. The Hall–Kier alpha value is -2.69. The van der Waals surface area contributed by atoms with E-state index in [1.54, 1.807) is 35.0 Å². The Morgan fingerprint density at radius 3 is 2.70 bits per heavy atom. The second kappa shape index (κ2) is 4.77. The summed E-state index contributed by atoms with van der Waals surface area (Å²) in [6, 6.07) is 9.36. The van der Waals surface area contributed by atoms with Gasteiger partial charge in [-0.1, -0.05) is 12.1 Å². The number of hydrogen-bond donors (Lipinski definition) is 1. The van der Waals surface area contributed by atoms with Gasteiger partial charge in [-0.25, -0.2) is 14.2 Å². The maximum atomic E-state index is 12.8. The minimum atomic E-state index is -1.01. The van der Waals surface area contributed by atoms with Crippen molar-refractivity contribution in [2.24, 2.45) is 0 Å². The van der Waals surface area contributed by atoms with Crippen molar-refractivity contribution < 1.29 is 14.3 Å². The molecule has 0 radical (unpaired) electrons. The molecule has 0 saturated heterocycles. The van der Waals surface area contributed by atoms with Crippen LogP contribution in [0.2, 0.25) is 0 Å². The van der Waals surface area contributed by atoms with Crippen LogP contribution >= 0.6 is 0 Å². The number of rotatable bonds is 3. The number of carboxylic acid groups (broad SMARTS) is 1. The highest BCUT2D eigenvalue weighted by molar-refractivity contribution is 5.94. The zero-order valence-electron chi connectivity index (χ0n) is 10.5. The zero-order chi connectivity index (χ0) is 14.1. The fourth-order valence-corrected chi connectivity index (χ4v) is 2.13. The molecule has 1 aromatic carbocycles. The summed E-state index contributed by atoms with van der Waals surface area (Å²) < 4.78 is 14.5. The van der Waals surface area contributed by atoms with Gasteiger partial charge in [0.15, 0.2) is 5.65 Å². The molecule has 3 rings (SSSR count). The number of aromatic nitrogens is 2. The molecule has 0 aliphatic carbocycles. The minimum absolute atomic E-state index is 0.165. The van der Waals surface area contributed by atoms with Gasteiger partial charge in [-0.3, -0.25) is 0 Å². The Bertz CT molecular complexity index is 778. The predicted molar refractivity (Wildman–Crippen MR) is 71.4 cm³/mol. The van der Waals surface area contributed by atoms with Crippen molar-refractivity contribution in [3.63, 3.8) is 0 Å². The van der Waals surface area contributed by atoms with Crippen molar-refractivity contribution >= 4 is 11.6 Å². The van der Waals surface area contributed by atoms with Crippen LogP contribution in [0.4, 0.5) is 4.39 Å². The van der Waals surface area contributed by atoms with Gasteiger partial charge in [0.05, 0.1) is 5.69 Å². The molecule has 2 heterocycles. The molecule has 0 unspecified atom stereocenters. The molecule has 20 heavy (non-hydrogen) atoms. The van der Waals surface area contributed by atoms with E-state index in [-0.39, 0.29) is 11.4 Å². The average molecular weight is 270 g/mol. The molecule has 0 bridgehead atoms. The molecular formula is C15H11FN2O2. The highest BCUT2D eigenvalue weighted by Gasteiger charge is 2.11. The SMILES string of the molecule is O=C(O)c1cccn2cc(Cc3ccc(F)cc3)nc12. The third kappa shape index (κ3) is 2.25. The van der Waals surface area contributed by atoms with Crippen LogP contribution in [-0.4, -0.2) is 20.5 Å². The van der Waals surface area contributed by atoms with Crippen LogP contribution in [0, 0.1) is 5.82 Å². The summed E-state index contributed by atoms with van der Waals surface area (Å²) in [4.78, 5) is 15.5. The van der Waals surface area contributed by atoms with Crippen LogP contribution in [-0.2, 0) is 6.42 Å². The lowest BCUT2D eigenvalue weighted by Gasteiger charge is -1.97. The molecule has 4 nitrogen and oxygen atoms in total. The van der Waals surface area contributed by atoms with Crippen LogP contribution in [0.15, 0.2) is 48.8 Å². The van der Waals surface area contributed by atoms with Crippen LogP contribution < -0.4 is 0 Å². The number of hydrogen-bond acceptors (Lipinski definition) is 2. The maximum Gasteiger partial charge on any atom is 0.339 e. The first kappa shape index (κ1) is 12.3. The van der Waals surface area contributed by atoms with Gasteiger partial charge in [0.1, 0.15) is 11.4 Å². The quantitative estimate of drug-likeness (QED) is 0.796. The van der Waals surface area contributed by atoms with Crippen molar-refractivity contribution in [3.05, 3.63) is 71.4 Å². The monoisotopic (exact) mass is 270 g/mol. The Kier molecular flexibility index (Phi) is 2.95. The van der Waals surface area contributed by atoms with Gasteiger partial charge in [-0.05, 0) is 29.8 Å². The molecule has 0 atom stereocenters. The second-order valence-electron chi connectivity index (χ2n) is 4.49. The Labute approximate surface area is 114 Å². The van der Waals surface area contributed by atoms with Crippen molar-refractivity contribution in [2.45, 2.75) is 6.42 Å². The number of pyridine rings is 1. The van der Waals surface area contributed by atoms with Gasteiger partial charge < -0.3 is 9.51 Å². The topological polar surface area (TPSA) is 54.6 Å². The number of aromatic carboxylic acids is 1. The van der Waals surface area contributed by atoms with E-state index in [0.717, 1.165) is 11.3 Å². The number of halogens is 1. The molecule has 0 saturated carbocycles. The largest absolute Gasteiger partial charge is 0.478 e. The summed E-state index contributed by atoms with van der Waals surface area (Å²) in [6.07, 6.45) is 4.06. The number of nitrogens with zero attached hydrogens (tertiary/aromatic N) is 2. The smallest absolute Gasteiger partial charge is 0.339 e. The highest BCUT2D eigenvalue weighted by Crippen LogP contribution is 2.14. The molecule has 0 fully saturated rings. The van der Waals surface area contributed by atoms with E-state index >= 15 is 0 Å². The average Bonchev–Trinajstić information content (AvgIpc) is 2.83. The summed E-state index contributed by atoms with van der Waals surface area (Å²) in [5.41, 5.74) is 2.24. The first-order chi connectivity index (χ1) is 9.63. The predicted octanol–water partition coefficient (Wildman–Crippen LogP) is 2.76. The van der Waals surface area contributed by atoms with Crippen LogP contribution in [0.3, 0.4) is 0 Å². The third-order valence-corrected chi connectivity index (χ3v) is 3.06. The summed E-state index contributed by atoms with van der Waals surface area (Å²) in [5, 5.41) is 9.12. The normalized spacial score (nSPS) is 10.8. The maximum absolute atomic E-state index is 12.8. The molecule has 0 amide bonds. The van der Waals surface area contributed by atoms with Crippen molar-refractivity contribution in [1.29, 1.82) is 0 Å². The summed E-state index contributed by atoms with van der Waals surface area (Å²) in [5.74, 6) is -1.29. The molecule has 3 aromatic rings. The number of fused-ring (bicyclic) bond motifs is 1. The van der Waals surface area contributed by atoms with Crippen LogP contribution in [0.25, 0.3) is 5.65 Å². The van der Waals surface area contributed by atoms with Crippen molar-refractivity contribution in [2.75, 3.05) is 0 Å². The fraction of sp³-hybridized carbons (Fsp3) is 0.0667. The lowest BCUT2D eigenvalue weighted by molar-refractivity contribution is 0.0698. The van der Waals surface area contributed by atoms with E-state index in [9.17, 15) is 9.18 Å². The molecule has 0 aliphatic heterocycles. The highest BCUT2D eigenvalue weighted by atomic mass is 19.1. The van der Waals surface area contributed by atoms with Gasteiger partial charge in [-0.15, -0.1) is 0 Å². The number of carbonyl (C=O) groups is 1. The Morgan fingerprint density at radius 1 is 1.25 bits per heavy atom. The van der Waals surface area contributed by atoms with Crippen LogP contribution in [0.1, 0.15) is 21.6 Å². The molecular weight excluding hydrogens is 259 g/mol. The first-order valence-electron chi connectivity index (χ1n) is 6.08. The first-order valence-corrected chi connectivity index (χ1v) is 6.08. The second-order valence-corrected chi connectivity index (χ2v) is 4.49. The van der Waals surface area contributed by atoms with Crippen molar-refractivity contribution in [3.8, 4) is 0 Å². The minimum Gasteiger partial charge on any atom is -0.478 e. The van der Waals surface area contributed by atoms with Gasteiger partial charge in [0, 0.05) is 18.8 Å². The van der Waals surface area contributed by atoms with E-state index in [4.69, 9.17) is 5.11 Å². The van der Waals surface area contributed by atoms with E-state index in [0.29, 0.717) is 12.1 Å². The molecule has 5 heteroatoms. The van der Waals surface area contributed by atoms with Gasteiger partial charge in [0.2, 0.25) is 0 Å². The summed E-state index contributed by atoms with van der Waals surface area (Å²) in [7, 11) is 0.